The maximum Gasteiger partial charge on any atom is 0.141 e. The van der Waals surface area contributed by atoms with E-state index in [1.807, 2.05) is 31.2 Å². The minimum Gasteiger partial charge on any atom is -0.377 e. The summed E-state index contributed by atoms with van der Waals surface area (Å²) in [5.74, 6) is -0.330. The van der Waals surface area contributed by atoms with Crippen LogP contribution in [0.3, 0.4) is 0 Å². The summed E-state index contributed by atoms with van der Waals surface area (Å²) in [6, 6.07) is 10.9. The van der Waals surface area contributed by atoms with Crippen molar-refractivity contribution in [2.75, 3.05) is 5.32 Å². The fraction of sp³-hybridized carbons (Fsp3) is 0.133. The summed E-state index contributed by atoms with van der Waals surface area (Å²) >= 11 is 0. The highest BCUT2D eigenvalue weighted by Gasteiger charge is 2.07. The molecule has 1 aromatic carbocycles. The van der Waals surface area contributed by atoms with Gasteiger partial charge in [-0.2, -0.15) is 5.10 Å². The van der Waals surface area contributed by atoms with E-state index in [4.69, 9.17) is 0 Å². The molecule has 0 bridgehead atoms. The van der Waals surface area contributed by atoms with Gasteiger partial charge in [-0.15, -0.1) is 0 Å². The second kappa shape index (κ2) is 5.70. The quantitative estimate of drug-likeness (QED) is 0.799. The lowest BCUT2D eigenvalue weighted by molar-refractivity contribution is 0.617. The summed E-state index contributed by atoms with van der Waals surface area (Å²) in [6.45, 7) is 1.98. The van der Waals surface area contributed by atoms with Gasteiger partial charge in [-0.05, 0) is 43.3 Å². The predicted molar refractivity (Wildman–Crippen MR) is 77.6 cm³/mol. The van der Waals surface area contributed by atoms with Crippen molar-refractivity contribution in [3.63, 3.8) is 0 Å². The van der Waals surface area contributed by atoms with Crippen LogP contribution >= 0.6 is 0 Å². The van der Waals surface area contributed by atoms with E-state index in [0.717, 1.165) is 17.1 Å². The van der Waals surface area contributed by atoms with Gasteiger partial charge in [-0.1, -0.05) is 0 Å². The Labute approximate surface area is 121 Å². The van der Waals surface area contributed by atoms with Gasteiger partial charge in [0.25, 0.3) is 0 Å². The van der Waals surface area contributed by atoms with Gasteiger partial charge >= 0.3 is 0 Å². The number of hydrogen-bond donors (Lipinski definition) is 1. The van der Waals surface area contributed by atoms with E-state index in [1.165, 1.54) is 18.6 Å². The molecule has 3 aromatic rings. The van der Waals surface area contributed by atoms with Crippen LogP contribution in [0.4, 0.5) is 10.1 Å². The van der Waals surface area contributed by atoms with Crippen molar-refractivity contribution in [2.24, 2.45) is 0 Å². The maximum absolute atomic E-state index is 12.9. The monoisotopic (exact) mass is 283 g/mol. The molecule has 1 unspecified atom stereocenters. The lowest BCUT2D eigenvalue weighted by atomic mass is 10.2. The molecular weight excluding hydrogens is 269 g/mol. The van der Waals surface area contributed by atoms with E-state index in [0.29, 0.717) is 0 Å². The molecule has 2 aromatic heterocycles. The van der Waals surface area contributed by atoms with Crippen LogP contribution in [0.1, 0.15) is 18.7 Å². The van der Waals surface area contributed by atoms with Gasteiger partial charge in [-0.25, -0.2) is 14.1 Å². The first kappa shape index (κ1) is 13.2. The molecule has 5 nitrogen and oxygen atoms in total. The number of benzene rings is 1. The molecule has 0 aliphatic heterocycles. The van der Waals surface area contributed by atoms with Crippen LogP contribution in [0.25, 0.3) is 5.69 Å². The molecule has 1 N–H and O–H groups in total. The third-order valence-corrected chi connectivity index (χ3v) is 3.13. The highest BCUT2D eigenvalue weighted by molar-refractivity contribution is 5.49. The van der Waals surface area contributed by atoms with Crippen molar-refractivity contribution in [2.45, 2.75) is 13.0 Å². The smallest absolute Gasteiger partial charge is 0.141 e. The minimum absolute atomic E-state index is 0.0113. The van der Waals surface area contributed by atoms with E-state index in [-0.39, 0.29) is 11.9 Å². The van der Waals surface area contributed by atoms with Crippen molar-refractivity contribution in [1.82, 2.24) is 19.7 Å². The number of nitrogens with zero attached hydrogens (tertiary/aromatic N) is 4. The van der Waals surface area contributed by atoms with E-state index in [1.54, 1.807) is 17.1 Å². The van der Waals surface area contributed by atoms with Crippen LogP contribution < -0.4 is 5.32 Å². The highest BCUT2D eigenvalue weighted by atomic mass is 19.1. The van der Waals surface area contributed by atoms with Crippen molar-refractivity contribution < 1.29 is 4.39 Å². The number of anilines is 1. The van der Waals surface area contributed by atoms with Crippen LogP contribution in [-0.2, 0) is 0 Å². The van der Waals surface area contributed by atoms with E-state index in [9.17, 15) is 4.39 Å². The van der Waals surface area contributed by atoms with Gasteiger partial charge in [-0.3, -0.25) is 4.98 Å². The van der Waals surface area contributed by atoms with Gasteiger partial charge in [0.05, 0.1) is 23.6 Å². The molecule has 21 heavy (non-hydrogen) atoms. The van der Waals surface area contributed by atoms with Gasteiger partial charge in [0.1, 0.15) is 18.5 Å². The van der Waals surface area contributed by atoms with E-state index in [2.05, 4.69) is 20.4 Å². The first-order chi connectivity index (χ1) is 10.2. The van der Waals surface area contributed by atoms with E-state index < -0.39 is 0 Å². The second-order valence-electron chi connectivity index (χ2n) is 4.65. The third kappa shape index (κ3) is 3.05. The van der Waals surface area contributed by atoms with Crippen molar-refractivity contribution in [3.8, 4) is 5.69 Å². The summed E-state index contributed by atoms with van der Waals surface area (Å²) in [6.07, 6.45) is 4.36. The molecule has 6 heteroatoms. The van der Waals surface area contributed by atoms with Gasteiger partial charge in [0.15, 0.2) is 0 Å². The summed E-state index contributed by atoms with van der Waals surface area (Å²) in [4.78, 5) is 7.99. The number of pyridine rings is 1. The van der Waals surface area contributed by atoms with Crippen LogP contribution in [0.2, 0.25) is 0 Å². The molecule has 3 rings (SSSR count). The predicted octanol–water partition coefficient (Wildman–Crippen LogP) is 2.97. The fourth-order valence-electron chi connectivity index (χ4n) is 2.02. The largest absolute Gasteiger partial charge is 0.377 e. The molecule has 106 valence electrons. The zero-order valence-corrected chi connectivity index (χ0v) is 11.4. The number of halogens is 1. The lowest BCUT2D eigenvalue weighted by Gasteiger charge is -2.15. The summed E-state index contributed by atoms with van der Waals surface area (Å²) in [5, 5.41) is 7.39. The standard InChI is InChI=1S/C15H14FN5/c1-11(15-7-2-12(16)8-18-15)20-13-3-5-14(6-4-13)21-10-17-9-19-21/h2-11,20H,1H3. The number of hydrogen-bond acceptors (Lipinski definition) is 4. The molecular formula is C15H14FN5. The van der Waals surface area contributed by atoms with Crippen LogP contribution in [-0.4, -0.2) is 19.7 Å². The third-order valence-electron chi connectivity index (χ3n) is 3.13. The van der Waals surface area contributed by atoms with Crippen molar-refractivity contribution >= 4 is 5.69 Å². The SMILES string of the molecule is CC(Nc1ccc(-n2cncn2)cc1)c1ccc(F)cn1. The summed E-state index contributed by atoms with van der Waals surface area (Å²) in [7, 11) is 0. The molecule has 0 saturated heterocycles. The van der Waals surface area contributed by atoms with Gasteiger partial charge in [0, 0.05) is 5.69 Å². The Morgan fingerprint density at radius 1 is 1.14 bits per heavy atom. The Hall–Kier alpha value is -2.76. The molecule has 0 amide bonds. The average Bonchev–Trinajstić information content (AvgIpc) is 3.03. The first-order valence-corrected chi connectivity index (χ1v) is 6.55. The molecule has 0 aliphatic carbocycles. The minimum atomic E-state index is -0.330. The number of nitrogens with one attached hydrogen (secondary N) is 1. The Bertz CT molecular complexity index is 692. The Kier molecular flexibility index (Phi) is 3.59. The molecule has 0 aliphatic rings. The van der Waals surface area contributed by atoms with Crippen LogP contribution in [0.15, 0.2) is 55.2 Å². The zero-order chi connectivity index (χ0) is 14.7. The average molecular weight is 283 g/mol. The molecule has 0 saturated carbocycles. The normalized spacial score (nSPS) is 12.1. The Balaban J connectivity index is 1.71. The first-order valence-electron chi connectivity index (χ1n) is 6.55. The lowest BCUT2D eigenvalue weighted by Crippen LogP contribution is -2.08. The molecule has 0 spiro atoms. The fourth-order valence-corrected chi connectivity index (χ4v) is 2.02. The highest BCUT2D eigenvalue weighted by Crippen LogP contribution is 2.19. The topological polar surface area (TPSA) is 55.6 Å². The zero-order valence-electron chi connectivity index (χ0n) is 11.4. The number of rotatable bonds is 4. The van der Waals surface area contributed by atoms with Gasteiger partial charge < -0.3 is 5.32 Å². The van der Waals surface area contributed by atoms with Crippen LogP contribution in [0, 0.1) is 5.82 Å². The number of aromatic nitrogens is 4. The maximum atomic E-state index is 12.9. The van der Waals surface area contributed by atoms with Gasteiger partial charge in [0.2, 0.25) is 0 Å². The molecule has 1 atom stereocenters. The summed E-state index contributed by atoms with van der Waals surface area (Å²) < 4.78 is 14.5. The van der Waals surface area contributed by atoms with Crippen LogP contribution in [0.5, 0.6) is 0 Å². The Morgan fingerprint density at radius 2 is 1.95 bits per heavy atom. The molecule has 0 radical (unpaired) electrons. The van der Waals surface area contributed by atoms with Crippen molar-refractivity contribution in [1.29, 1.82) is 0 Å². The second-order valence-corrected chi connectivity index (χ2v) is 4.65. The summed E-state index contributed by atoms with van der Waals surface area (Å²) in [5.41, 5.74) is 2.68. The molecule has 0 fully saturated rings. The molecule has 2 heterocycles. The van der Waals surface area contributed by atoms with Crippen molar-refractivity contribution in [3.05, 3.63) is 66.8 Å². The van der Waals surface area contributed by atoms with E-state index >= 15 is 0 Å². The Morgan fingerprint density at radius 3 is 2.57 bits per heavy atom.